The van der Waals surface area contributed by atoms with Crippen molar-refractivity contribution in [2.24, 2.45) is 16.9 Å². The van der Waals surface area contributed by atoms with Gasteiger partial charge in [0.05, 0.1) is 29.5 Å². The van der Waals surface area contributed by atoms with Gasteiger partial charge in [0.25, 0.3) is 5.91 Å². The molecule has 4 aromatic carbocycles. The monoisotopic (exact) mass is 670 g/mol. The van der Waals surface area contributed by atoms with Crippen molar-refractivity contribution < 1.29 is 18.8 Å². The van der Waals surface area contributed by atoms with Crippen molar-refractivity contribution >= 4 is 57.9 Å². The van der Waals surface area contributed by atoms with Crippen LogP contribution < -0.4 is 15.6 Å². The third-order valence-electron chi connectivity index (χ3n) is 8.52. The predicted octanol–water partition coefficient (Wildman–Crippen LogP) is 5.20. The van der Waals surface area contributed by atoms with E-state index in [1.165, 1.54) is 29.2 Å². The van der Waals surface area contributed by atoms with Gasteiger partial charge >= 0.3 is 0 Å². The van der Waals surface area contributed by atoms with Crippen molar-refractivity contribution in [3.8, 4) is 0 Å². The molecular formula is C33H24FIN4O3. The molecule has 2 atom stereocenters. The Kier molecular flexibility index (Phi) is 6.41. The Morgan fingerprint density at radius 2 is 1.50 bits per heavy atom. The van der Waals surface area contributed by atoms with E-state index >= 15 is 0 Å². The van der Waals surface area contributed by atoms with Crippen molar-refractivity contribution in [1.29, 1.82) is 0 Å². The van der Waals surface area contributed by atoms with Crippen LogP contribution in [0.5, 0.6) is 0 Å². The summed E-state index contributed by atoms with van der Waals surface area (Å²) in [6, 6.07) is 28.7. The standard InChI is InChI=1S/C33H24FIN4O3/c34-19-9-15-22(16-10-19)39-31(41)29-28-23-5-1-3-7-25(23)33(30(29)32(39)42,26-8-4-2-6-24(26)28)18-37-38-27(40)17-36-21-13-11-20(35)12-14-21/h1-16,18,28-30,36H,17H2,(H,38,40)/b37-18-/t28?,29-,30+,33?/m1/s1. The number of benzene rings is 4. The molecule has 2 bridgehead atoms. The molecule has 1 heterocycles. The van der Waals surface area contributed by atoms with Crippen LogP contribution in [-0.4, -0.2) is 30.5 Å². The number of carbonyl (C=O) groups is 3. The van der Waals surface area contributed by atoms with E-state index in [0.717, 1.165) is 31.5 Å². The van der Waals surface area contributed by atoms with Gasteiger partial charge in [-0.1, -0.05) is 48.5 Å². The highest BCUT2D eigenvalue weighted by atomic mass is 127. The molecule has 4 aliphatic rings. The number of imide groups is 1. The number of nitrogens with zero attached hydrogens (tertiary/aromatic N) is 2. The lowest BCUT2D eigenvalue weighted by atomic mass is 9.47. The molecule has 3 amide bonds. The van der Waals surface area contributed by atoms with Gasteiger partial charge in [-0.15, -0.1) is 0 Å². The third-order valence-corrected chi connectivity index (χ3v) is 9.24. The second-order valence-electron chi connectivity index (χ2n) is 10.7. The zero-order valence-electron chi connectivity index (χ0n) is 22.1. The molecule has 2 N–H and O–H groups in total. The lowest BCUT2D eigenvalue weighted by Gasteiger charge is -2.52. The van der Waals surface area contributed by atoms with Crippen LogP contribution in [0, 0.1) is 21.2 Å². The molecule has 208 valence electrons. The average Bonchev–Trinajstić information content (AvgIpc) is 3.28. The summed E-state index contributed by atoms with van der Waals surface area (Å²) < 4.78 is 14.8. The lowest BCUT2D eigenvalue weighted by molar-refractivity contribution is -0.122. The smallest absolute Gasteiger partial charge is 0.259 e. The zero-order valence-corrected chi connectivity index (χ0v) is 24.3. The number of hydrogen-bond acceptors (Lipinski definition) is 5. The van der Waals surface area contributed by atoms with Crippen LogP contribution in [-0.2, 0) is 19.8 Å². The van der Waals surface area contributed by atoms with Crippen molar-refractivity contribution in [1.82, 2.24) is 5.43 Å². The van der Waals surface area contributed by atoms with Crippen molar-refractivity contribution in [2.75, 3.05) is 16.8 Å². The van der Waals surface area contributed by atoms with E-state index in [-0.39, 0.29) is 30.2 Å². The fourth-order valence-electron chi connectivity index (χ4n) is 6.89. The molecular weight excluding hydrogens is 646 g/mol. The molecule has 7 nitrogen and oxygen atoms in total. The van der Waals surface area contributed by atoms with Crippen molar-refractivity contribution in [2.45, 2.75) is 11.3 Å². The van der Waals surface area contributed by atoms with Gasteiger partial charge in [-0.3, -0.25) is 14.4 Å². The average molecular weight is 670 g/mol. The van der Waals surface area contributed by atoms with E-state index in [0.29, 0.717) is 5.69 Å². The van der Waals surface area contributed by atoms with Crippen LogP contribution in [0.4, 0.5) is 15.8 Å². The van der Waals surface area contributed by atoms with Crippen molar-refractivity contribution in [3.05, 3.63) is 129 Å². The molecule has 4 aromatic rings. The number of hydrogen-bond donors (Lipinski definition) is 2. The maximum Gasteiger partial charge on any atom is 0.259 e. The second kappa shape index (κ2) is 10.2. The number of anilines is 2. The molecule has 1 saturated heterocycles. The first-order valence-corrected chi connectivity index (χ1v) is 14.6. The fourth-order valence-corrected chi connectivity index (χ4v) is 7.25. The summed E-state index contributed by atoms with van der Waals surface area (Å²) >= 11 is 2.22. The topological polar surface area (TPSA) is 90.9 Å². The van der Waals surface area contributed by atoms with Gasteiger partial charge in [0.1, 0.15) is 5.82 Å². The second-order valence-corrected chi connectivity index (χ2v) is 11.9. The minimum absolute atomic E-state index is 0.00198. The molecule has 0 radical (unpaired) electrons. The normalized spacial score (nSPS) is 23.5. The van der Waals surface area contributed by atoms with E-state index in [9.17, 15) is 18.8 Å². The highest BCUT2D eigenvalue weighted by molar-refractivity contribution is 14.1. The van der Waals surface area contributed by atoms with Gasteiger partial charge in [0.2, 0.25) is 11.8 Å². The Bertz CT molecular complexity index is 1730. The maximum atomic E-state index is 14.3. The highest BCUT2D eigenvalue weighted by Crippen LogP contribution is 2.63. The van der Waals surface area contributed by atoms with E-state index in [1.54, 1.807) is 6.21 Å². The predicted molar refractivity (Wildman–Crippen MR) is 166 cm³/mol. The summed E-state index contributed by atoms with van der Waals surface area (Å²) in [4.78, 5) is 42.3. The zero-order chi connectivity index (χ0) is 29.0. The SMILES string of the molecule is O=C(CNc1ccc(I)cc1)N/N=C\C12c3ccccc3C(c3ccccc31)[C@H]1C(=O)N(c3ccc(F)cc3)C(=O)[C@H]12. The molecule has 1 fully saturated rings. The molecule has 1 aliphatic heterocycles. The minimum Gasteiger partial charge on any atom is -0.376 e. The summed E-state index contributed by atoms with van der Waals surface area (Å²) in [5, 5.41) is 7.50. The molecule has 0 saturated carbocycles. The van der Waals surface area contributed by atoms with Crippen LogP contribution >= 0.6 is 22.6 Å². The Labute approximate surface area is 255 Å². The Balaban J connectivity index is 1.29. The minimum atomic E-state index is -1.11. The summed E-state index contributed by atoms with van der Waals surface area (Å²) in [6.07, 6.45) is 1.62. The number of hydrazone groups is 1. The first-order valence-electron chi connectivity index (χ1n) is 13.5. The molecule has 42 heavy (non-hydrogen) atoms. The van der Waals surface area contributed by atoms with Crippen LogP contribution in [0.2, 0.25) is 0 Å². The quantitative estimate of drug-likeness (QED) is 0.128. The fraction of sp³-hybridized carbons (Fsp3) is 0.152. The lowest BCUT2D eigenvalue weighted by Crippen LogP contribution is -2.54. The molecule has 8 rings (SSSR count). The summed E-state index contributed by atoms with van der Waals surface area (Å²) in [7, 11) is 0. The number of rotatable bonds is 6. The molecule has 9 heteroatoms. The number of halogens is 2. The Morgan fingerprint density at radius 3 is 2.14 bits per heavy atom. The Morgan fingerprint density at radius 1 is 0.881 bits per heavy atom. The molecule has 0 spiro atoms. The summed E-state index contributed by atoms with van der Waals surface area (Å²) in [5.74, 6) is -3.31. The van der Waals surface area contributed by atoms with Crippen LogP contribution in [0.3, 0.4) is 0 Å². The first-order chi connectivity index (χ1) is 20.4. The van der Waals surface area contributed by atoms with Crippen LogP contribution in [0.15, 0.2) is 102 Å². The summed E-state index contributed by atoms with van der Waals surface area (Å²) in [5.41, 5.74) is 6.32. The maximum absolute atomic E-state index is 14.3. The number of nitrogens with one attached hydrogen (secondary N) is 2. The van der Waals surface area contributed by atoms with E-state index < -0.39 is 23.1 Å². The van der Waals surface area contributed by atoms with Gasteiger partial charge in [0, 0.05) is 21.4 Å². The van der Waals surface area contributed by atoms with Gasteiger partial charge in [-0.05, 0) is 93.4 Å². The van der Waals surface area contributed by atoms with Gasteiger partial charge in [-0.2, -0.15) is 5.10 Å². The third kappa shape index (κ3) is 3.98. The van der Waals surface area contributed by atoms with E-state index in [2.05, 4.69) is 38.4 Å². The van der Waals surface area contributed by atoms with E-state index in [4.69, 9.17) is 0 Å². The van der Waals surface area contributed by atoms with Gasteiger partial charge < -0.3 is 5.32 Å². The molecule has 0 unspecified atom stereocenters. The number of amides is 3. The van der Waals surface area contributed by atoms with Crippen LogP contribution in [0.25, 0.3) is 0 Å². The first kappa shape index (κ1) is 26.5. The van der Waals surface area contributed by atoms with Gasteiger partial charge in [-0.25, -0.2) is 14.7 Å². The van der Waals surface area contributed by atoms with E-state index in [1.807, 2.05) is 72.8 Å². The number of carbonyl (C=O) groups excluding carboxylic acids is 3. The largest absolute Gasteiger partial charge is 0.376 e. The molecule has 3 aliphatic carbocycles. The van der Waals surface area contributed by atoms with Crippen LogP contribution in [0.1, 0.15) is 28.2 Å². The Hall–Kier alpha value is -4.38. The van der Waals surface area contributed by atoms with Crippen molar-refractivity contribution in [3.63, 3.8) is 0 Å². The van der Waals surface area contributed by atoms with Gasteiger partial charge in [0.15, 0.2) is 0 Å². The summed E-state index contributed by atoms with van der Waals surface area (Å²) in [6.45, 7) is 0.00198. The molecule has 0 aromatic heterocycles. The highest BCUT2D eigenvalue weighted by Gasteiger charge is 2.68.